The van der Waals surface area contributed by atoms with Crippen LogP contribution in [0.15, 0.2) is 158 Å². The minimum absolute atomic E-state index is 0.961. The predicted octanol–water partition coefficient (Wildman–Crippen LogP) is 11.6. The zero-order chi connectivity index (χ0) is 31.3. The number of hydrogen-bond acceptors (Lipinski definition) is 2. The zero-order valence-electron chi connectivity index (χ0n) is 25.7. The lowest BCUT2D eigenvalue weighted by atomic mass is 10.1. The maximum atomic E-state index is 5.13. The molecule has 0 saturated carbocycles. The van der Waals surface area contributed by atoms with Gasteiger partial charge in [-0.25, -0.2) is 4.98 Å². The van der Waals surface area contributed by atoms with Crippen LogP contribution in [0.25, 0.3) is 92.0 Å². The molecule has 5 heterocycles. The van der Waals surface area contributed by atoms with Crippen molar-refractivity contribution in [1.82, 2.24) is 18.7 Å². The monoisotopic (exact) mass is 630 g/mol. The maximum absolute atomic E-state index is 5.13. The van der Waals surface area contributed by atoms with E-state index in [9.17, 15) is 0 Å². The van der Waals surface area contributed by atoms with E-state index in [1.165, 1.54) is 63.7 Å². The number of para-hydroxylation sites is 4. The first-order chi connectivity index (χ1) is 23.8. The summed E-state index contributed by atoms with van der Waals surface area (Å²) in [5, 5.41) is 8.69. The van der Waals surface area contributed by atoms with E-state index in [1.54, 1.807) is 0 Å². The summed E-state index contributed by atoms with van der Waals surface area (Å²) in [6.07, 6.45) is 1.97. The van der Waals surface area contributed by atoms with Gasteiger partial charge in [-0.05, 0) is 60.7 Å². The van der Waals surface area contributed by atoms with Gasteiger partial charge in [0.15, 0.2) is 5.82 Å². The zero-order valence-corrected chi connectivity index (χ0v) is 26.5. The molecule has 0 N–H and O–H groups in total. The SMILES string of the molecule is c1ccc(-n2c3ccc(-n4c5ccccc5c5ccccc54)cc3c3c4ccccc4n(-c4nccc5c4sc4ccccc45)c32)cc1. The molecule has 0 aliphatic heterocycles. The van der Waals surface area contributed by atoms with Crippen molar-refractivity contribution in [3.05, 3.63) is 158 Å². The maximum Gasteiger partial charge on any atom is 0.156 e. The summed E-state index contributed by atoms with van der Waals surface area (Å²) in [6, 6.07) is 54.8. The average Bonchev–Trinajstić information content (AvgIpc) is 3.88. The van der Waals surface area contributed by atoms with Gasteiger partial charge < -0.3 is 4.57 Å². The molecule has 0 aliphatic carbocycles. The van der Waals surface area contributed by atoms with Gasteiger partial charge in [-0.2, -0.15) is 0 Å². The minimum Gasteiger partial charge on any atom is -0.309 e. The first-order valence-corrected chi connectivity index (χ1v) is 17.0. The molecule has 0 bridgehead atoms. The van der Waals surface area contributed by atoms with Gasteiger partial charge in [-0.15, -0.1) is 11.3 Å². The molecule has 0 aliphatic rings. The van der Waals surface area contributed by atoms with Crippen molar-refractivity contribution >= 4 is 86.2 Å². The number of nitrogens with zero attached hydrogens (tertiary/aromatic N) is 4. The molecule has 0 amide bonds. The van der Waals surface area contributed by atoms with Crippen molar-refractivity contribution in [2.24, 2.45) is 0 Å². The largest absolute Gasteiger partial charge is 0.309 e. The molecule has 0 radical (unpaired) electrons. The first kappa shape index (κ1) is 26.0. The van der Waals surface area contributed by atoms with E-state index in [2.05, 4.69) is 165 Å². The number of hydrogen-bond donors (Lipinski definition) is 0. The molecule has 0 saturated heterocycles. The molecule has 224 valence electrons. The summed E-state index contributed by atoms with van der Waals surface area (Å²) >= 11 is 1.82. The van der Waals surface area contributed by atoms with Crippen LogP contribution in [0, 0.1) is 0 Å². The first-order valence-electron chi connectivity index (χ1n) is 16.2. The Labute approximate surface area is 278 Å². The van der Waals surface area contributed by atoms with E-state index in [1.807, 2.05) is 17.5 Å². The number of benzene rings is 6. The lowest BCUT2D eigenvalue weighted by Gasteiger charge is -2.13. The third-order valence-corrected chi connectivity index (χ3v) is 11.1. The average molecular weight is 631 g/mol. The normalized spacial score (nSPS) is 12.2. The van der Waals surface area contributed by atoms with Crippen LogP contribution in [-0.2, 0) is 0 Å². The molecular weight excluding hydrogens is 605 g/mol. The molecule has 48 heavy (non-hydrogen) atoms. The lowest BCUT2D eigenvalue weighted by molar-refractivity contribution is 1.04. The van der Waals surface area contributed by atoms with Crippen molar-refractivity contribution in [3.8, 4) is 17.2 Å². The number of rotatable bonds is 3. The highest BCUT2D eigenvalue weighted by molar-refractivity contribution is 7.26. The highest BCUT2D eigenvalue weighted by Crippen LogP contribution is 2.44. The van der Waals surface area contributed by atoms with Crippen LogP contribution in [0.3, 0.4) is 0 Å². The molecule has 11 rings (SSSR count). The van der Waals surface area contributed by atoms with E-state index in [4.69, 9.17) is 4.98 Å². The van der Waals surface area contributed by atoms with Crippen LogP contribution in [-0.4, -0.2) is 18.7 Å². The van der Waals surface area contributed by atoms with Gasteiger partial charge in [0.25, 0.3) is 0 Å². The molecule has 11 aromatic rings. The van der Waals surface area contributed by atoms with Crippen LogP contribution in [0.2, 0.25) is 0 Å². The molecule has 0 fully saturated rings. The lowest BCUT2D eigenvalue weighted by Crippen LogP contribution is -2.03. The molecule has 5 heteroatoms. The van der Waals surface area contributed by atoms with Crippen LogP contribution in [0.5, 0.6) is 0 Å². The highest BCUT2D eigenvalue weighted by Gasteiger charge is 2.25. The second-order valence-corrected chi connectivity index (χ2v) is 13.5. The van der Waals surface area contributed by atoms with Crippen molar-refractivity contribution in [2.75, 3.05) is 0 Å². The van der Waals surface area contributed by atoms with Gasteiger partial charge in [0.1, 0.15) is 5.65 Å². The van der Waals surface area contributed by atoms with Crippen LogP contribution < -0.4 is 0 Å². The number of thiophene rings is 1. The number of fused-ring (bicyclic) bond motifs is 11. The second-order valence-electron chi connectivity index (χ2n) is 12.4. The fraction of sp³-hybridized carbons (Fsp3) is 0. The van der Waals surface area contributed by atoms with Crippen molar-refractivity contribution < 1.29 is 0 Å². The molecule has 5 aromatic heterocycles. The Morgan fingerprint density at radius 2 is 1.02 bits per heavy atom. The highest BCUT2D eigenvalue weighted by atomic mass is 32.1. The predicted molar refractivity (Wildman–Crippen MR) is 203 cm³/mol. The standard InChI is InChI=1S/C43H26N4S/c1-2-12-27(13-3-1)46-38-23-22-28(45-35-18-8-4-14-29(35)30-15-5-9-19-36(30)45)26-34(38)40-33-17-6-10-20-37(33)47(43(40)46)42-41-32(24-25-44-42)31-16-7-11-21-39(31)48-41/h1-26H. The molecule has 4 nitrogen and oxygen atoms in total. The Morgan fingerprint density at radius 3 is 1.77 bits per heavy atom. The van der Waals surface area contributed by atoms with Gasteiger partial charge in [-0.3, -0.25) is 9.13 Å². The Balaban J connectivity index is 1.32. The fourth-order valence-electron chi connectivity index (χ4n) is 7.93. The Kier molecular flexibility index (Phi) is 5.23. The summed E-state index contributed by atoms with van der Waals surface area (Å²) in [6.45, 7) is 0. The Bertz CT molecular complexity index is 3010. The fourth-order valence-corrected chi connectivity index (χ4v) is 9.10. The van der Waals surface area contributed by atoms with Crippen LogP contribution in [0.4, 0.5) is 0 Å². The van der Waals surface area contributed by atoms with E-state index < -0.39 is 0 Å². The van der Waals surface area contributed by atoms with Crippen molar-refractivity contribution in [2.45, 2.75) is 0 Å². The van der Waals surface area contributed by atoms with Crippen molar-refractivity contribution in [3.63, 3.8) is 0 Å². The van der Waals surface area contributed by atoms with Gasteiger partial charge in [0.2, 0.25) is 0 Å². The van der Waals surface area contributed by atoms with E-state index >= 15 is 0 Å². The topological polar surface area (TPSA) is 27.7 Å². The smallest absolute Gasteiger partial charge is 0.156 e. The Hall–Kier alpha value is -6.17. The van der Waals surface area contributed by atoms with Gasteiger partial charge in [0, 0.05) is 60.0 Å². The minimum atomic E-state index is 0.961. The third-order valence-electron chi connectivity index (χ3n) is 9.89. The summed E-state index contributed by atoms with van der Waals surface area (Å²) in [5.74, 6) is 0.961. The van der Waals surface area contributed by atoms with Crippen LogP contribution >= 0.6 is 11.3 Å². The quantitative estimate of drug-likeness (QED) is 0.191. The number of aromatic nitrogens is 4. The van der Waals surface area contributed by atoms with Gasteiger partial charge in [-0.1, -0.05) is 91.0 Å². The molecule has 0 spiro atoms. The number of pyridine rings is 1. The van der Waals surface area contributed by atoms with Gasteiger partial charge in [0.05, 0.1) is 26.8 Å². The summed E-state index contributed by atoms with van der Waals surface area (Å²) in [4.78, 5) is 5.13. The van der Waals surface area contributed by atoms with Crippen LogP contribution in [0.1, 0.15) is 0 Å². The third kappa shape index (κ3) is 3.40. The molecule has 0 atom stereocenters. The molecule has 0 unspecified atom stereocenters. The summed E-state index contributed by atoms with van der Waals surface area (Å²) < 4.78 is 9.70. The second kappa shape index (κ2) is 9.67. The summed E-state index contributed by atoms with van der Waals surface area (Å²) in [5.41, 5.74) is 8.12. The molecular formula is C43H26N4S. The molecule has 6 aromatic carbocycles. The van der Waals surface area contributed by atoms with Gasteiger partial charge >= 0.3 is 0 Å². The van der Waals surface area contributed by atoms with E-state index in [0.717, 1.165) is 28.4 Å². The van der Waals surface area contributed by atoms with E-state index in [-0.39, 0.29) is 0 Å². The Morgan fingerprint density at radius 1 is 0.417 bits per heavy atom. The summed E-state index contributed by atoms with van der Waals surface area (Å²) in [7, 11) is 0. The van der Waals surface area contributed by atoms with E-state index in [0.29, 0.717) is 0 Å². The van der Waals surface area contributed by atoms with Crippen molar-refractivity contribution in [1.29, 1.82) is 0 Å².